The molecule has 3 aromatic rings. The molecular formula is C15H15FN4O. The van der Waals surface area contributed by atoms with Crippen molar-refractivity contribution in [3.05, 3.63) is 59.8 Å². The zero-order valence-corrected chi connectivity index (χ0v) is 11.5. The molecule has 0 amide bonds. The van der Waals surface area contributed by atoms with E-state index < -0.39 is 0 Å². The molecule has 0 aliphatic heterocycles. The summed E-state index contributed by atoms with van der Waals surface area (Å²) >= 11 is 0. The number of phenols is 1. The minimum Gasteiger partial charge on any atom is -0.508 e. The first kappa shape index (κ1) is 13.5. The highest BCUT2D eigenvalue weighted by Gasteiger charge is 2.12. The summed E-state index contributed by atoms with van der Waals surface area (Å²) in [6, 6.07) is 9.38. The minimum atomic E-state index is -0.371. The average molecular weight is 286 g/mol. The number of halogens is 1. The van der Waals surface area contributed by atoms with Gasteiger partial charge < -0.3 is 10.4 Å². The van der Waals surface area contributed by atoms with Gasteiger partial charge in [0.15, 0.2) is 11.5 Å². The van der Waals surface area contributed by atoms with E-state index in [2.05, 4.69) is 15.5 Å². The van der Waals surface area contributed by atoms with Gasteiger partial charge in [-0.2, -0.15) is 0 Å². The summed E-state index contributed by atoms with van der Waals surface area (Å²) in [6.45, 7) is 2.32. The molecule has 108 valence electrons. The third-order valence-electron chi connectivity index (χ3n) is 3.41. The van der Waals surface area contributed by atoms with Crippen molar-refractivity contribution in [2.75, 3.05) is 0 Å². The molecular weight excluding hydrogens is 271 g/mol. The van der Waals surface area contributed by atoms with Crippen LogP contribution in [0.5, 0.6) is 5.75 Å². The Kier molecular flexibility index (Phi) is 3.53. The van der Waals surface area contributed by atoms with Crippen molar-refractivity contribution in [3.63, 3.8) is 0 Å². The molecule has 0 aliphatic carbocycles. The maximum Gasteiger partial charge on any atom is 0.160 e. The number of benzene rings is 1. The molecule has 0 fully saturated rings. The zero-order chi connectivity index (χ0) is 14.8. The van der Waals surface area contributed by atoms with Crippen molar-refractivity contribution in [1.29, 1.82) is 0 Å². The Hall–Kier alpha value is -2.47. The average Bonchev–Trinajstić information content (AvgIpc) is 2.90. The molecule has 2 N–H and O–H groups in total. The van der Waals surface area contributed by atoms with Gasteiger partial charge in [-0.1, -0.05) is 6.07 Å². The third-order valence-corrected chi connectivity index (χ3v) is 3.41. The van der Waals surface area contributed by atoms with Crippen molar-refractivity contribution in [2.24, 2.45) is 0 Å². The molecule has 0 radical (unpaired) electrons. The normalized spacial score (nSPS) is 12.7. The van der Waals surface area contributed by atoms with Crippen LogP contribution in [-0.2, 0) is 6.54 Å². The van der Waals surface area contributed by atoms with Gasteiger partial charge in [0.2, 0.25) is 0 Å². The Balaban J connectivity index is 1.76. The molecule has 5 nitrogen and oxygen atoms in total. The number of hydrogen-bond donors (Lipinski definition) is 2. The molecule has 1 aromatic carbocycles. The number of aromatic hydroxyl groups is 1. The summed E-state index contributed by atoms with van der Waals surface area (Å²) in [5.74, 6) is 0.459. The summed E-state index contributed by atoms with van der Waals surface area (Å²) < 4.78 is 15.1. The fourth-order valence-electron chi connectivity index (χ4n) is 2.24. The summed E-state index contributed by atoms with van der Waals surface area (Å²) in [7, 11) is 0. The van der Waals surface area contributed by atoms with Crippen molar-refractivity contribution in [3.8, 4) is 5.75 Å². The zero-order valence-electron chi connectivity index (χ0n) is 11.5. The summed E-state index contributed by atoms with van der Waals surface area (Å²) in [5.41, 5.74) is 1.29. The molecule has 0 spiro atoms. The second-order valence-corrected chi connectivity index (χ2v) is 4.85. The number of hydrogen-bond acceptors (Lipinski definition) is 4. The van der Waals surface area contributed by atoms with Gasteiger partial charge in [-0.3, -0.25) is 4.40 Å². The van der Waals surface area contributed by atoms with E-state index in [4.69, 9.17) is 0 Å². The second kappa shape index (κ2) is 5.49. The number of phenolic OH excluding ortho intramolecular Hbond substituents is 1. The third kappa shape index (κ3) is 2.71. The number of aromatic nitrogens is 3. The van der Waals surface area contributed by atoms with Gasteiger partial charge in [0.1, 0.15) is 11.6 Å². The number of rotatable bonds is 4. The lowest BCUT2D eigenvalue weighted by molar-refractivity contribution is 0.447. The van der Waals surface area contributed by atoms with Crippen molar-refractivity contribution >= 4 is 5.65 Å². The van der Waals surface area contributed by atoms with Gasteiger partial charge in [0.25, 0.3) is 0 Å². The molecule has 21 heavy (non-hydrogen) atoms. The van der Waals surface area contributed by atoms with Crippen LogP contribution < -0.4 is 5.32 Å². The van der Waals surface area contributed by atoms with Crippen LogP contribution in [0.2, 0.25) is 0 Å². The van der Waals surface area contributed by atoms with Gasteiger partial charge in [0, 0.05) is 17.8 Å². The molecule has 0 bridgehead atoms. The Morgan fingerprint density at radius 3 is 3.00 bits per heavy atom. The molecule has 1 unspecified atom stereocenters. The van der Waals surface area contributed by atoms with E-state index in [-0.39, 0.29) is 17.6 Å². The molecule has 0 saturated heterocycles. The monoisotopic (exact) mass is 286 g/mol. The molecule has 0 saturated carbocycles. The van der Waals surface area contributed by atoms with Crippen LogP contribution in [0.1, 0.15) is 24.4 Å². The SMILES string of the molecule is CC(NCc1nnc2ccccn12)c1cc(F)ccc1O. The van der Waals surface area contributed by atoms with E-state index in [1.165, 1.54) is 18.2 Å². The van der Waals surface area contributed by atoms with E-state index in [1.807, 2.05) is 35.7 Å². The topological polar surface area (TPSA) is 62.5 Å². The predicted molar refractivity (Wildman–Crippen MR) is 76.3 cm³/mol. The lowest BCUT2D eigenvalue weighted by Crippen LogP contribution is -2.20. The first-order chi connectivity index (χ1) is 10.1. The van der Waals surface area contributed by atoms with Crippen LogP contribution in [0, 0.1) is 5.82 Å². The Morgan fingerprint density at radius 2 is 2.14 bits per heavy atom. The standard InChI is InChI=1S/C15H15FN4O/c1-10(12-8-11(16)5-6-13(12)21)17-9-15-19-18-14-4-2-3-7-20(14)15/h2-8,10,17,21H,9H2,1H3. The summed E-state index contributed by atoms with van der Waals surface area (Å²) in [6.07, 6.45) is 1.89. The maximum atomic E-state index is 13.3. The molecule has 2 aromatic heterocycles. The Labute approximate surface area is 121 Å². The van der Waals surface area contributed by atoms with E-state index in [0.717, 1.165) is 11.5 Å². The number of pyridine rings is 1. The van der Waals surface area contributed by atoms with Crippen molar-refractivity contribution < 1.29 is 9.50 Å². The van der Waals surface area contributed by atoms with Crippen LogP contribution in [0.25, 0.3) is 5.65 Å². The van der Waals surface area contributed by atoms with E-state index >= 15 is 0 Å². The number of nitrogens with zero attached hydrogens (tertiary/aromatic N) is 3. The predicted octanol–water partition coefficient (Wildman–Crippen LogP) is 2.42. The van der Waals surface area contributed by atoms with Gasteiger partial charge in [0.05, 0.1) is 6.54 Å². The van der Waals surface area contributed by atoms with Crippen molar-refractivity contribution in [2.45, 2.75) is 19.5 Å². The molecule has 6 heteroatoms. The molecule has 2 heterocycles. The first-order valence-electron chi connectivity index (χ1n) is 6.65. The van der Waals surface area contributed by atoms with Gasteiger partial charge in [-0.25, -0.2) is 4.39 Å². The van der Waals surface area contributed by atoms with Crippen LogP contribution in [0.3, 0.4) is 0 Å². The van der Waals surface area contributed by atoms with Gasteiger partial charge in [-0.05, 0) is 37.3 Å². The van der Waals surface area contributed by atoms with Crippen LogP contribution in [-0.4, -0.2) is 19.7 Å². The second-order valence-electron chi connectivity index (χ2n) is 4.85. The Bertz CT molecular complexity index is 771. The van der Waals surface area contributed by atoms with Crippen LogP contribution in [0.15, 0.2) is 42.6 Å². The quantitative estimate of drug-likeness (QED) is 0.773. The lowest BCUT2D eigenvalue weighted by atomic mass is 10.1. The van der Waals surface area contributed by atoms with E-state index in [0.29, 0.717) is 12.1 Å². The van der Waals surface area contributed by atoms with Crippen LogP contribution in [0.4, 0.5) is 4.39 Å². The smallest absolute Gasteiger partial charge is 0.160 e. The first-order valence-corrected chi connectivity index (χ1v) is 6.65. The highest BCUT2D eigenvalue weighted by molar-refractivity contribution is 5.37. The summed E-state index contributed by atoms with van der Waals surface area (Å²) in [5, 5.41) is 21.2. The Morgan fingerprint density at radius 1 is 1.29 bits per heavy atom. The summed E-state index contributed by atoms with van der Waals surface area (Å²) in [4.78, 5) is 0. The molecule has 0 aliphatic rings. The highest BCUT2D eigenvalue weighted by Crippen LogP contribution is 2.24. The van der Waals surface area contributed by atoms with Crippen molar-refractivity contribution in [1.82, 2.24) is 19.9 Å². The van der Waals surface area contributed by atoms with E-state index in [9.17, 15) is 9.50 Å². The minimum absolute atomic E-state index is 0.0718. The lowest BCUT2D eigenvalue weighted by Gasteiger charge is -2.15. The maximum absolute atomic E-state index is 13.3. The van der Waals surface area contributed by atoms with E-state index in [1.54, 1.807) is 0 Å². The fourth-order valence-corrected chi connectivity index (χ4v) is 2.24. The molecule has 1 atom stereocenters. The number of nitrogens with one attached hydrogen (secondary N) is 1. The molecule has 3 rings (SSSR count). The largest absolute Gasteiger partial charge is 0.508 e. The van der Waals surface area contributed by atoms with Gasteiger partial charge in [-0.15, -0.1) is 10.2 Å². The highest BCUT2D eigenvalue weighted by atomic mass is 19.1. The van der Waals surface area contributed by atoms with Gasteiger partial charge >= 0.3 is 0 Å². The van der Waals surface area contributed by atoms with Crippen LogP contribution >= 0.6 is 0 Å². The number of fused-ring (bicyclic) bond motifs is 1. The fraction of sp³-hybridized carbons (Fsp3) is 0.200.